The third-order valence-corrected chi connectivity index (χ3v) is 5.02. The highest BCUT2D eigenvalue weighted by Crippen LogP contribution is 2.38. The topological polar surface area (TPSA) is 45.3 Å². The normalized spacial score (nSPS) is 16.9. The van der Waals surface area contributed by atoms with Crippen molar-refractivity contribution in [3.63, 3.8) is 0 Å². The molecule has 0 bridgehead atoms. The number of rotatable bonds is 3. The van der Waals surface area contributed by atoms with Gasteiger partial charge in [0.05, 0.1) is 6.04 Å². The minimum atomic E-state index is -0.0978. The molecule has 25 heavy (non-hydrogen) atoms. The fraction of sp³-hybridized carbons (Fsp3) is 0.286. The van der Waals surface area contributed by atoms with Gasteiger partial charge in [0, 0.05) is 30.3 Å². The monoisotopic (exact) mass is 334 g/mol. The molecule has 0 aliphatic carbocycles. The van der Waals surface area contributed by atoms with Crippen molar-refractivity contribution >= 4 is 16.8 Å². The first-order chi connectivity index (χ1) is 12.2. The van der Waals surface area contributed by atoms with Crippen molar-refractivity contribution in [1.29, 1.82) is 0 Å². The average Bonchev–Trinajstić information content (AvgIpc) is 3.00. The van der Waals surface area contributed by atoms with Gasteiger partial charge in [-0.25, -0.2) is 0 Å². The van der Waals surface area contributed by atoms with E-state index in [1.807, 2.05) is 11.0 Å². The van der Waals surface area contributed by atoms with Gasteiger partial charge in [-0.05, 0) is 30.5 Å². The third kappa shape index (κ3) is 2.72. The number of carbonyl (C=O) groups is 1. The largest absolute Gasteiger partial charge is 0.375 e. The number of amides is 1. The SMILES string of the molecule is COCC(=O)N1CCc2c([nH]c3ccccc23)C1c1ccc(C)cc1. The molecule has 0 saturated carbocycles. The predicted octanol–water partition coefficient (Wildman–Crippen LogP) is 3.60. The van der Waals surface area contributed by atoms with Crippen LogP contribution in [0, 0.1) is 6.92 Å². The molecule has 1 N–H and O–H groups in total. The summed E-state index contributed by atoms with van der Waals surface area (Å²) in [7, 11) is 1.57. The van der Waals surface area contributed by atoms with E-state index in [0.29, 0.717) is 6.54 Å². The standard InChI is InChI=1S/C21H22N2O2/c1-14-7-9-15(10-8-14)21-20-17(11-12-23(21)19(24)13-25-2)16-5-3-4-6-18(16)22-20/h3-10,21-22H,11-13H2,1-2H3. The van der Waals surface area contributed by atoms with E-state index in [-0.39, 0.29) is 18.6 Å². The molecule has 1 unspecified atom stereocenters. The van der Waals surface area contributed by atoms with Gasteiger partial charge in [0.15, 0.2) is 0 Å². The molecule has 4 nitrogen and oxygen atoms in total. The van der Waals surface area contributed by atoms with E-state index in [4.69, 9.17) is 4.74 Å². The number of hydrogen-bond acceptors (Lipinski definition) is 2. The Bertz CT molecular complexity index is 911. The molecule has 4 rings (SSSR count). The van der Waals surface area contributed by atoms with Gasteiger partial charge < -0.3 is 14.6 Å². The Morgan fingerprint density at radius 1 is 1.20 bits per heavy atom. The van der Waals surface area contributed by atoms with Crippen LogP contribution >= 0.6 is 0 Å². The van der Waals surface area contributed by atoms with Crippen LogP contribution < -0.4 is 0 Å². The summed E-state index contributed by atoms with van der Waals surface area (Å²) < 4.78 is 5.11. The van der Waals surface area contributed by atoms with E-state index < -0.39 is 0 Å². The number of methoxy groups -OCH3 is 1. The summed E-state index contributed by atoms with van der Waals surface area (Å²) in [6, 6.07) is 16.7. The lowest BCUT2D eigenvalue weighted by molar-refractivity contribution is -0.137. The summed E-state index contributed by atoms with van der Waals surface area (Å²) in [6.07, 6.45) is 0.858. The summed E-state index contributed by atoms with van der Waals surface area (Å²) in [4.78, 5) is 18.2. The van der Waals surface area contributed by atoms with Gasteiger partial charge in [-0.15, -0.1) is 0 Å². The molecular formula is C21H22N2O2. The molecular weight excluding hydrogens is 312 g/mol. The quantitative estimate of drug-likeness (QED) is 0.795. The molecule has 3 aromatic rings. The maximum absolute atomic E-state index is 12.7. The maximum Gasteiger partial charge on any atom is 0.249 e. The summed E-state index contributed by atoms with van der Waals surface area (Å²) in [5, 5.41) is 1.26. The Labute approximate surface area is 147 Å². The zero-order valence-corrected chi connectivity index (χ0v) is 14.6. The van der Waals surface area contributed by atoms with Crippen LogP contribution in [-0.2, 0) is 16.0 Å². The van der Waals surface area contributed by atoms with Crippen LogP contribution in [0.25, 0.3) is 10.9 Å². The Kier molecular flexibility index (Phi) is 4.06. The van der Waals surface area contributed by atoms with Crippen molar-refractivity contribution in [3.8, 4) is 0 Å². The Balaban J connectivity index is 1.87. The van der Waals surface area contributed by atoms with Crippen molar-refractivity contribution in [3.05, 3.63) is 70.9 Å². The van der Waals surface area contributed by atoms with Crippen LogP contribution in [0.5, 0.6) is 0 Å². The van der Waals surface area contributed by atoms with Gasteiger partial charge in [0.1, 0.15) is 6.61 Å². The van der Waals surface area contributed by atoms with Gasteiger partial charge >= 0.3 is 0 Å². The lowest BCUT2D eigenvalue weighted by atomic mass is 9.92. The van der Waals surface area contributed by atoms with E-state index in [1.54, 1.807) is 7.11 Å². The molecule has 1 aromatic heterocycles. The van der Waals surface area contributed by atoms with E-state index in [2.05, 4.69) is 54.4 Å². The van der Waals surface area contributed by atoms with Gasteiger partial charge in [0.2, 0.25) is 5.91 Å². The first-order valence-corrected chi connectivity index (χ1v) is 8.63. The number of para-hydroxylation sites is 1. The van der Waals surface area contributed by atoms with Crippen molar-refractivity contribution < 1.29 is 9.53 Å². The van der Waals surface area contributed by atoms with Gasteiger partial charge in [0.25, 0.3) is 0 Å². The number of H-pyrrole nitrogens is 1. The fourth-order valence-electron chi connectivity index (χ4n) is 3.81. The second-order valence-corrected chi connectivity index (χ2v) is 6.65. The number of fused-ring (bicyclic) bond motifs is 3. The number of aromatic amines is 1. The average molecular weight is 334 g/mol. The molecule has 1 aliphatic heterocycles. The van der Waals surface area contributed by atoms with E-state index in [0.717, 1.165) is 23.2 Å². The van der Waals surface area contributed by atoms with E-state index in [9.17, 15) is 4.79 Å². The van der Waals surface area contributed by atoms with Crippen molar-refractivity contribution in [2.24, 2.45) is 0 Å². The summed E-state index contributed by atoms with van der Waals surface area (Å²) in [6.45, 7) is 2.89. The van der Waals surface area contributed by atoms with Crippen molar-refractivity contribution in [2.45, 2.75) is 19.4 Å². The number of benzene rings is 2. The lowest BCUT2D eigenvalue weighted by Gasteiger charge is -2.36. The molecule has 0 fully saturated rings. The summed E-state index contributed by atoms with van der Waals surface area (Å²) in [5.74, 6) is 0.0254. The van der Waals surface area contributed by atoms with Crippen LogP contribution in [0.15, 0.2) is 48.5 Å². The first-order valence-electron chi connectivity index (χ1n) is 8.63. The number of ether oxygens (including phenoxy) is 1. The van der Waals surface area contributed by atoms with E-state index >= 15 is 0 Å². The van der Waals surface area contributed by atoms with Gasteiger partial charge in [-0.3, -0.25) is 4.79 Å². The van der Waals surface area contributed by atoms with Crippen LogP contribution in [0.3, 0.4) is 0 Å². The van der Waals surface area contributed by atoms with Crippen LogP contribution in [0.1, 0.15) is 28.4 Å². The second kappa shape index (κ2) is 6.37. The zero-order chi connectivity index (χ0) is 17.4. The fourth-order valence-corrected chi connectivity index (χ4v) is 3.81. The molecule has 0 radical (unpaired) electrons. The Morgan fingerprint density at radius 3 is 2.72 bits per heavy atom. The lowest BCUT2D eigenvalue weighted by Crippen LogP contribution is -2.42. The number of hydrogen-bond donors (Lipinski definition) is 1. The number of nitrogens with one attached hydrogen (secondary N) is 1. The summed E-state index contributed by atoms with van der Waals surface area (Å²) >= 11 is 0. The van der Waals surface area contributed by atoms with Crippen LogP contribution in [-0.4, -0.2) is 36.1 Å². The number of nitrogens with zero attached hydrogens (tertiary/aromatic N) is 1. The number of carbonyl (C=O) groups excluding carboxylic acids is 1. The molecule has 4 heteroatoms. The highest BCUT2D eigenvalue weighted by atomic mass is 16.5. The second-order valence-electron chi connectivity index (χ2n) is 6.65. The third-order valence-electron chi connectivity index (χ3n) is 5.02. The number of aromatic nitrogens is 1. The van der Waals surface area contributed by atoms with Crippen LogP contribution in [0.2, 0.25) is 0 Å². The molecule has 2 heterocycles. The highest BCUT2D eigenvalue weighted by Gasteiger charge is 2.34. The van der Waals surface area contributed by atoms with Crippen molar-refractivity contribution in [2.75, 3.05) is 20.3 Å². The molecule has 1 aliphatic rings. The highest BCUT2D eigenvalue weighted by molar-refractivity contribution is 5.86. The molecule has 1 atom stereocenters. The zero-order valence-electron chi connectivity index (χ0n) is 14.6. The molecule has 1 amide bonds. The molecule has 0 spiro atoms. The maximum atomic E-state index is 12.7. The Morgan fingerprint density at radius 2 is 1.96 bits per heavy atom. The first kappa shape index (κ1) is 15.9. The Hall–Kier alpha value is -2.59. The predicted molar refractivity (Wildman–Crippen MR) is 98.6 cm³/mol. The minimum absolute atomic E-state index is 0.0254. The number of aryl methyl sites for hydroxylation is 1. The van der Waals surface area contributed by atoms with Crippen molar-refractivity contribution in [1.82, 2.24) is 9.88 Å². The van der Waals surface area contributed by atoms with E-state index in [1.165, 1.54) is 16.5 Å². The van der Waals surface area contributed by atoms with Crippen LogP contribution in [0.4, 0.5) is 0 Å². The molecule has 128 valence electrons. The van der Waals surface area contributed by atoms with Gasteiger partial charge in [-0.1, -0.05) is 48.0 Å². The minimum Gasteiger partial charge on any atom is -0.375 e. The molecule has 2 aromatic carbocycles. The van der Waals surface area contributed by atoms with Gasteiger partial charge in [-0.2, -0.15) is 0 Å². The molecule has 0 saturated heterocycles. The summed E-state index contributed by atoms with van der Waals surface area (Å²) in [5.41, 5.74) is 5.92. The smallest absolute Gasteiger partial charge is 0.249 e.